The maximum Gasteiger partial charge on any atom is 0.127 e. The van der Waals surface area contributed by atoms with Gasteiger partial charge in [0.25, 0.3) is 0 Å². The minimum Gasteiger partial charge on any atom is -0.373 e. The van der Waals surface area contributed by atoms with Gasteiger partial charge in [0.15, 0.2) is 0 Å². The first-order valence-corrected chi connectivity index (χ1v) is 5.68. The summed E-state index contributed by atoms with van der Waals surface area (Å²) < 4.78 is 13.0. The van der Waals surface area contributed by atoms with Crippen molar-refractivity contribution in [2.45, 2.75) is 9.92 Å². The Morgan fingerprint density at radius 2 is 2.00 bits per heavy atom. The van der Waals surface area contributed by atoms with Crippen LogP contribution in [0.1, 0.15) is 0 Å². The molecule has 4 heteroatoms. The number of nitrogens with zero attached hydrogens (tertiary/aromatic N) is 1. The minimum atomic E-state index is -0.227. The Bertz CT molecular complexity index is 488. The summed E-state index contributed by atoms with van der Waals surface area (Å²) in [4.78, 5) is 5.19. The SMILES string of the molecule is CNc1cccc(Sc2cccc(F)c2)n1. The van der Waals surface area contributed by atoms with Crippen LogP contribution >= 0.6 is 11.8 Å². The van der Waals surface area contributed by atoms with Crippen LogP contribution in [0.5, 0.6) is 0 Å². The molecule has 2 nitrogen and oxygen atoms in total. The van der Waals surface area contributed by atoms with Gasteiger partial charge in [-0.2, -0.15) is 0 Å². The first-order chi connectivity index (χ1) is 7.78. The smallest absolute Gasteiger partial charge is 0.127 e. The second-order valence-electron chi connectivity index (χ2n) is 3.17. The van der Waals surface area contributed by atoms with E-state index in [4.69, 9.17) is 0 Å². The fraction of sp³-hybridized carbons (Fsp3) is 0.0833. The largest absolute Gasteiger partial charge is 0.373 e. The molecule has 1 aromatic heterocycles. The summed E-state index contributed by atoms with van der Waals surface area (Å²) >= 11 is 1.44. The second kappa shape index (κ2) is 4.99. The predicted molar refractivity (Wildman–Crippen MR) is 64.3 cm³/mol. The number of halogens is 1. The van der Waals surface area contributed by atoms with E-state index in [1.54, 1.807) is 6.07 Å². The fourth-order valence-corrected chi connectivity index (χ4v) is 2.11. The zero-order valence-corrected chi connectivity index (χ0v) is 9.59. The Balaban J connectivity index is 2.20. The van der Waals surface area contributed by atoms with Gasteiger partial charge in [-0.15, -0.1) is 0 Å². The third-order valence-electron chi connectivity index (χ3n) is 2.00. The highest BCUT2D eigenvalue weighted by atomic mass is 32.2. The summed E-state index contributed by atoms with van der Waals surface area (Å²) in [6, 6.07) is 12.2. The Kier molecular flexibility index (Phi) is 3.41. The number of benzene rings is 1. The molecule has 0 spiro atoms. The van der Waals surface area contributed by atoms with Crippen molar-refractivity contribution in [2.75, 3.05) is 12.4 Å². The van der Waals surface area contributed by atoms with Crippen molar-refractivity contribution in [3.8, 4) is 0 Å². The van der Waals surface area contributed by atoms with E-state index in [0.717, 1.165) is 15.7 Å². The predicted octanol–water partition coefficient (Wildman–Crippen LogP) is 3.41. The Morgan fingerprint density at radius 1 is 1.19 bits per heavy atom. The summed E-state index contributed by atoms with van der Waals surface area (Å²) in [5, 5.41) is 3.81. The van der Waals surface area contributed by atoms with E-state index in [9.17, 15) is 4.39 Å². The molecule has 0 aliphatic carbocycles. The van der Waals surface area contributed by atoms with Gasteiger partial charge in [-0.3, -0.25) is 0 Å². The highest BCUT2D eigenvalue weighted by molar-refractivity contribution is 7.99. The molecular formula is C12H11FN2S. The Labute approximate surface area is 97.9 Å². The van der Waals surface area contributed by atoms with E-state index in [-0.39, 0.29) is 5.82 Å². The lowest BCUT2D eigenvalue weighted by molar-refractivity contribution is 0.624. The Hall–Kier alpha value is -1.55. The molecule has 0 aliphatic rings. The molecule has 0 unspecified atom stereocenters. The molecule has 2 rings (SSSR count). The van der Waals surface area contributed by atoms with Crippen LogP contribution < -0.4 is 5.32 Å². The quantitative estimate of drug-likeness (QED) is 0.881. The van der Waals surface area contributed by atoms with E-state index < -0.39 is 0 Å². The highest BCUT2D eigenvalue weighted by Crippen LogP contribution is 2.26. The minimum absolute atomic E-state index is 0.227. The van der Waals surface area contributed by atoms with Crippen molar-refractivity contribution in [1.82, 2.24) is 4.98 Å². The first kappa shape index (κ1) is 11.0. The summed E-state index contributed by atoms with van der Waals surface area (Å²) in [5.74, 6) is 0.580. The summed E-state index contributed by atoms with van der Waals surface area (Å²) in [6.07, 6.45) is 0. The van der Waals surface area contributed by atoms with Crippen molar-refractivity contribution >= 4 is 17.6 Å². The van der Waals surface area contributed by atoms with Crippen LogP contribution in [-0.2, 0) is 0 Å². The average molecular weight is 234 g/mol. The van der Waals surface area contributed by atoms with Gasteiger partial charge in [-0.1, -0.05) is 23.9 Å². The van der Waals surface area contributed by atoms with Crippen molar-refractivity contribution in [1.29, 1.82) is 0 Å². The number of hydrogen-bond acceptors (Lipinski definition) is 3. The molecule has 0 aliphatic heterocycles. The normalized spacial score (nSPS) is 10.1. The van der Waals surface area contributed by atoms with Gasteiger partial charge in [0.05, 0.1) is 0 Å². The first-order valence-electron chi connectivity index (χ1n) is 4.86. The number of rotatable bonds is 3. The van der Waals surface area contributed by atoms with E-state index in [0.29, 0.717) is 0 Å². The van der Waals surface area contributed by atoms with Crippen LogP contribution in [0, 0.1) is 5.82 Å². The number of nitrogens with one attached hydrogen (secondary N) is 1. The van der Waals surface area contributed by atoms with Crippen LogP contribution in [-0.4, -0.2) is 12.0 Å². The van der Waals surface area contributed by atoms with Gasteiger partial charge in [0, 0.05) is 11.9 Å². The number of hydrogen-bond donors (Lipinski definition) is 1. The molecule has 16 heavy (non-hydrogen) atoms. The van der Waals surface area contributed by atoms with E-state index in [1.807, 2.05) is 31.3 Å². The highest BCUT2D eigenvalue weighted by Gasteiger charge is 2.00. The fourth-order valence-electron chi connectivity index (χ4n) is 1.26. The average Bonchev–Trinajstić information content (AvgIpc) is 2.29. The molecule has 82 valence electrons. The maximum atomic E-state index is 13.0. The van der Waals surface area contributed by atoms with Gasteiger partial charge in [-0.05, 0) is 30.3 Å². The molecule has 0 fully saturated rings. The van der Waals surface area contributed by atoms with Crippen LogP contribution in [0.2, 0.25) is 0 Å². The molecule has 0 bridgehead atoms. The van der Waals surface area contributed by atoms with Gasteiger partial charge < -0.3 is 5.32 Å². The maximum absolute atomic E-state index is 13.0. The third kappa shape index (κ3) is 2.73. The molecule has 1 aromatic carbocycles. The van der Waals surface area contributed by atoms with Crippen molar-refractivity contribution in [2.24, 2.45) is 0 Å². The lowest BCUT2D eigenvalue weighted by Gasteiger charge is -2.03. The van der Waals surface area contributed by atoms with E-state index in [1.165, 1.54) is 23.9 Å². The molecular weight excluding hydrogens is 223 g/mol. The number of aromatic nitrogens is 1. The van der Waals surface area contributed by atoms with Gasteiger partial charge in [0.1, 0.15) is 16.7 Å². The summed E-state index contributed by atoms with van der Waals surface area (Å²) in [6.45, 7) is 0. The molecule has 0 saturated heterocycles. The van der Waals surface area contributed by atoms with Crippen LogP contribution in [0.4, 0.5) is 10.2 Å². The topological polar surface area (TPSA) is 24.9 Å². The molecule has 0 radical (unpaired) electrons. The van der Waals surface area contributed by atoms with Crippen molar-refractivity contribution in [3.63, 3.8) is 0 Å². The number of pyridine rings is 1. The van der Waals surface area contributed by atoms with Crippen molar-refractivity contribution in [3.05, 3.63) is 48.3 Å². The van der Waals surface area contributed by atoms with Crippen LogP contribution in [0.3, 0.4) is 0 Å². The van der Waals surface area contributed by atoms with E-state index in [2.05, 4.69) is 10.3 Å². The van der Waals surface area contributed by atoms with Gasteiger partial charge in [0.2, 0.25) is 0 Å². The zero-order chi connectivity index (χ0) is 11.4. The van der Waals surface area contributed by atoms with E-state index >= 15 is 0 Å². The van der Waals surface area contributed by atoms with Gasteiger partial charge in [-0.25, -0.2) is 9.37 Å². The lowest BCUT2D eigenvalue weighted by Crippen LogP contribution is -1.92. The Morgan fingerprint density at radius 3 is 2.75 bits per heavy atom. The number of anilines is 1. The second-order valence-corrected chi connectivity index (χ2v) is 4.26. The summed E-state index contributed by atoms with van der Waals surface area (Å²) in [5.41, 5.74) is 0. The molecule has 0 saturated carbocycles. The zero-order valence-electron chi connectivity index (χ0n) is 8.77. The molecule has 0 amide bonds. The lowest BCUT2D eigenvalue weighted by atomic mass is 10.4. The molecule has 1 heterocycles. The third-order valence-corrected chi connectivity index (χ3v) is 2.92. The van der Waals surface area contributed by atoms with Crippen LogP contribution in [0.25, 0.3) is 0 Å². The summed E-state index contributed by atoms with van der Waals surface area (Å²) in [7, 11) is 1.82. The molecule has 2 aromatic rings. The van der Waals surface area contributed by atoms with Crippen molar-refractivity contribution < 1.29 is 4.39 Å². The van der Waals surface area contributed by atoms with Crippen LogP contribution in [0.15, 0.2) is 52.4 Å². The molecule has 0 atom stereocenters. The monoisotopic (exact) mass is 234 g/mol. The standard InChI is InChI=1S/C12H11FN2S/c1-14-11-6-3-7-12(15-11)16-10-5-2-4-9(13)8-10/h2-8H,1H3,(H,14,15). The van der Waals surface area contributed by atoms with Gasteiger partial charge >= 0.3 is 0 Å². The molecule has 1 N–H and O–H groups in total.